The first-order valence-electron chi connectivity index (χ1n) is 23.0. The molecule has 2 unspecified atom stereocenters. The summed E-state index contributed by atoms with van der Waals surface area (Å²) in [5.41, 5.74) is 2.94. The molecule has 6 rings (SSSR count). The molecule has 4 saturated heterocycles. The fraction of sp³-hybridized carbons (Fsp3) is 0.660. The Morgan fingerprint density at radius 2 is 1.65 bits per heavy atom. The molecule has 0 bridgehead atoms. The number of Topliss-reactive ketones (excluding diaryl/α,β-unsaturated/α-hetero) is 2. The van der Waals surface area contributed by atoms with E-state index in [1.54, 1.807) is 11.9 Å². The molecule has 1 N–H and O–H groups in total. The zero-order valence-corrected chi connectivity index (χ0v) is 41.4. The third-order valence-corrected chi connectivity index (χ3v) is 16.7. The van der Waals surface area contributed by atoms with E-state index in [1.807, 2.05) is 53.7 Å². The van der Waals surface area contributed by atoms with E-state index in [0.29, 0.717) is 36.4 Å². The predicted molar refractivity (Wildman–Crippen MR) is 260 cm³/mol. The number of nitrogens with zero attached hydrogens (tertiary/aromatic N) is 3. The number of morpholine rings is 1. The number of thiophene rings is 1. The fourth-order valence-electron chi connectivity index (χ4n) is 8.72. The first-order valence-corrected chi connectivity index (χ1v) is 26.1. The summed E-state index contributed by atoms with van der Waals surface area (Å²) in [7, 11) is -0.504. The molecular weight excluding hydrogens is 816 g/mol. The minimum Gasteiger partial charge on any atom is -0.378 e. The molecule has 2 amide bonds. The highest BCUT2D eigenvalue weighted by molar-refractivity contribution is 7.68. The van der Waals surface area contributed by atoms with E-state index >= 15 is 0 Å². The van der Waals surface area contributed by atoms with Crippen molar-refractivity contribution in [3.8, 4) is 0 Å². The molecule has 1 aromatic heterocycles. The normalized spacial score (nSPS) is 21.8. The Labute approximate surface area is 378 Å². The average Bonchev–Trinajstić information content (AvgIpc) is 3.78. The minimum atomic E-state index is -2.13. The van der Waals surface area contributed by atoms with Crippen molar-refractivity contribution in [1.82, 2.24) is 20.0 Å². The Bertz CT molecular complexity index is 1860. The summed E-state index contributed by atoms with van der Waals surface area (Å²) in [6, 6.07) is 9.68. The van der Waals surface area contributed by atoms with Crippen molar-refractivity contribution in [3.63, 3.8) is 0 Å². The fourth-order valence-corrected chi connectivity index (χ4v) is 12.2. The number of nitrogens with one attached hydrogen (secondary N) is 1. The molecule has 1 aromatic carbocycles. The maximum atomic E-state index is 12.4. The van der Waals surface area contributed by atoms with Crippen molar-refractivity contribution < 1.29 is 28.4 Å². The summed E-state index contributed by atoms with van der Waals surface area (Å²) in [6.45, 7) is 30.2. The van der Waals surface area contributed by atoms with Gasteiger partial charge < -0.3 is 29.3 Å². The maximum absolute atomic E-state index is 12.4. The number of ether oxygens (including phenoxy) is 1. The van der Waals surface area contributed by atoms with Gasteiger partial charge in [0, 0.05) is 104 Å². The summed E-state index contributed by atoms with van der Waals surface area (Å²) in [5.74, 6) is 1.71. The quantitative estimate of drug-likeness (QED) is 0.148. The molecule has 4 aliphatic heterocycles. The molecule has 10 nitrogen and oxygen atoms in total. The Hall–Kier alpha value is -3.24. The van der Waals surface area contributed by atoms with Crippen LogP contribution >= 0.6 is 18.4 Å². The molecule has 12 heteroatoms. The van der Waals surface area contributed by atoms with E-state index in [-0.39, 0.29) is 22.9 Å². The van der Waals surface area contributed by atoms with E-state index in [9.17, 15) is 19.2 Å². The van der Waals surface area contributed by atoms with Gasteiger partial charge in [0.25, 0.3) is 5.91 Å². The number of amides is 2. The van der Waals surface area contributed by atoms with Crippen molar-refractivity contribution in [2.45, 2.75) is 131 Å². The van der Waals surface area contributed by atoms with Gasteiger partial charge in [0.05, 0.1) is 24.7 Å². The number of likely N-dealkylation sites (tertiary alicyclic amines) is 1. The molecular formula is C50H79N4O6PS. The molecule has 2 aromatic rings. The topological polar surface area (TPSA) is 108 Å². The van der Waals surface area contributed by atoms with Gasteiger partial charge in [-0.05, 0) is 86.7 Å². The van der Waals surface area contributed by atoms with Gasteiger partial charge in [-0.2, -0.15) is 0 Å². The molecule has 4 fully saturated rings. The molecule has 4 aliphatic rings. The zero-order valence-electron chi connectivity index (χ0n) is 39.7. The van der Waals surface area contributed by atoms with Gasteiger partial charge in [0.2, 0.25) is 6.41 Å². The van der Waals surface area contributed by atoms with Gasteiger partial charge in [-0.15, -0.1) is 11.3 Å². The van der Waals surface area contributed by atoms with Gasteiger partial charge in [-0.25, -0.2) is 0 Å². The third kappa shape index (κ3) is 15.2. The number of hydrogen-bond acceptors (Lipinski definition) is 9. The van der Waals surface area contributed by atoms with Crippen LogP contribution in [0, 0.1) is 22.7 Å². The highest BCUT2D eigenvalue weighted by Gasteiger charge is 2.33. The van der Waals surface area contributed by atoms with Gasteiger partial charge >= 0.3 is 0 Å². The van der Waals surface area contributed by atoms with E-state index in [2.05, 4.69) is 60.6 Å². The number of benzene rings is 1. The Morgan fingerprint density at radius 1 is 0.984 bits per heavy atom. The van der Waals surface area contributed by atoms with E-state index in [0.717, 1.165) is 92.0 Å². The predicted octanol–water partition coefficient (Wildman–Crippen LogP) is 10.0. The number of hydrogen-bond donors (Lipinski definition) is 1. The highest BCUT2D eigenvalue weighted by Crippen LogP contribution is 2.51. The van der Waals surface area contributed by atoms with Crippen molar-refractivity contribution in [2.75, 3.05) is 59.2 Å². The lowest BCUT2D eigenvalue weighted by molar-refractivity contribution is -0.127. The first-order chi connectivity index (χ1) is 29.1. The van der Waals surface area contributed by atoms with E-state index in [1.165, 1.54) is 61.3 Å². The smallest absolute Gasteiger partial charge is 0.261 e. The first kappa shape index (κ1) is 51.4. The van der Waals surface area contributed by atoms with Crippen molar-refractivity contribution in [3.05, 3.63) is 59.3 Å². The Morgan fingerprint density at radius 3 is 2.27 bits per heavy atom. The SMILES string of the molecule is C=C(C1CN(C=O)C1)N1CCOCC1.C=C1CCCC(C)C[C@H]2CC[C@@H](C)N12.C=P(CCCC(=O)C(C)(C)C)(Cc1ccc2sc(C(=O)NC)cc2c1)OCCC(=O)C(C)(C)C. The van der Waals surface area contributed by atoms with Crippen molar-refractivity contribution in [2.24, 2.45) is 22.7 Å². The van der Waals surface area contributed by atoms with Crippen LogP contribution in [0.15, 0.2) is 48.8 Å². The monoisotopic (exact) mass is 895 g/mol. The van der Waals surface area contributed by atoms with Crippen LogP contribution in [0.25, 0.3) is 10.1 Å². The van der Waals surface area contributed by atoms with Crippen LogP contribution in [0.5, 0.6) is 0 Å². The van der Waals surface area contributed by atoms with Crippen LogP contribution < -0.4 is 5.32 Å². The maximum Gasteiger partial charge on any atom is 0.261 e. The van der Waals surface area contributed by atoms with Crippen molar-refractivity contribution >= 4 is 58.7 Å². The van der Waals surface area contributed by atoms with Crippen LogP contribution in [-0.4, -0.2) is 116 Å². The standard InChI is InChI=1S/C27H40NO4PS.C13H23N.C10H16N2O2/c1-26(2,3)23(29)10-9-15-33(8,32-14-13-24(30)27(4,5)6)18-19-11-12-21-20(16-19)17-22(34-21)25(31)28-7;1-10-5-4-6-11(2)14-12(3)7-8-13(14)9-10;1-9(10-6-11(7-10)8-13)12-2-4-14-5-3-12/h11-12,16-17H,8-10,13-15,18H2,1-7H3,(H,28,31);10,12-13H,2,4-9H2,1,3H3;8,10H,1-7H2/t;10?,12-,13-;/m.1./s1. The van der Waals surface area contributed by atoms with Crippen LogP contribution in [0.1, 0.15) is 128 Å². The molecule has 346 valence electrons. The van der Waals surface area contributed by atoms with E-state index in [4.69, 9.17) is 9.26 Å². The molecule has 0 radical (unpaired) electrons. The number of carbonyl (C=O) groups is 4. The Kier molecular flexibility index (Phi) is 19.1. The van der Waals surface area contributed by atoms with Gasteiger partial charge in [0.15, 0.2) is 0 Å². The second kappa shape index (κ2) is 23.1. The second-order valence-corrected chi connectivity index (χ2v) is 24.4. The number of fused-ring (bicyclic) bond motifs is 2. The van der Waals surface area contributed by atoms with Crippen LogP contribution in [-0.2, 0) is 29.8 Å². The molecule has 5 heterocycles. The highest BCUT2D eigenvalue weighted by atomic mass is 32.1. The molecule has 0 spiro atoms. The number of carbonyl (C=O) groups excluding carboxylic acids is 4. The third-order valence-electron chi connectivity index (χ3n) is 12.8. The summed E-state index contributed by atoms with van der Waals surface area (Å²) < 4.78 is 12.7. The summed E-state index contributed by atoms with van der Waals surface area (Å²) in [4.78, 5) is 54.6. The number of rotatable bonds is 14. The number of allylic oxidation sites excluding steroid dienone is 1. The average molecular weight is 895 g/mol. The van der Waals surface area contributed by atoms with Crippen molar-refractivity contribution in [1.29, 1.82) is 0 Å². The lowest BCUT2D eigenvalue weighted by atomic mass is 9.88. The summed E-state index contributed by atoms with van der Waals surface area (Å²) in [6.07, 6.45) is 16.5. The van der Waals surface area contributed by atoms with Gasteiger partial charge in [0.1, 0.15) is 11.6 Å². The largest absolute Gasteiger partial charge is 0.378 e. The lowest BCUT2D eigenvalue weighted by Crippen LogP contribution is -2.50. The van der Waals surface area contributed by atoms with Crippen LogP contribution in [0.2, 0.25) is 0 Å². The summed E-state index contributed by atoms with van der Waals surface area (Å²) in [5, 5.41) is 3.70. The Balaban J connectivity index is 0.000000244. The minimum absolute atomic E-state index is 0.0860. The van der Waals surface area contributed by atoms with Gasteiger partial charge in [-0.1, -0.05) is 80.4 Å². The van der Waals surface area contributed by atoms with Crippen LogP contribution in [0.4, 0.5) is 0 Å². The number of ketones is 2. The van der Waals surface area contributed by atoms with E-state index < -0.39 is 12.5 Å². The second-order valence-electron chi connectivity index (χ2n) is 20.2. The summed E-state index contributed by atoms with van der Waals surface area (Å²) >= 11 is 1.47. The van der Waals surface area contributed by atoms with Crippen LogP contribution in [0.3, 0.4) is 0 Å². The van der Waals surface area contributed by atoms with Gasteiger partial charge in [-0.3, -0.25) is 19.2 Å². The molecule has 0 aliphatic carbocycles. The molecule has 0 saturated carbocycles. The molecule has 62 heavy (non-hydrogen) atoms. The lowest BCUT2D eigenvalue weighted by Gasteiger charge is -2.42. The zero-order chi connectivity index (χ0) is 45.8. The molecule has 4 atom stereocenters.